The summed E-state index contributed by atoms with van der Waals surface area (Å²) in [5.41, 5.74) is 0.242. The standard InChI is InChI=1S/C8H7NO2/c10-5-1-2-7-6-9-4-3-8(7)11/h3-4,6,10H,5H2,(H,9,11). The van der Waals surface area contributed by atoms with E-state index in [4.69, 9.17) is 5.11 Å². The molecule has 1 heterocycles. The molecule has 3 heteroatoms. The second kappa shape index (κ2) is 3.59. The van der Waals surface area contributed by atoms with Crippen molar-refractivity contribution in [3.05, 3.63) is 34.2 Å². The summed E-state index contributed by atoms with van der Waals surface area (Å²) in [7, 11) is 0. The molecule has 0 bridgehead atoms. The zero-order chi connectivity index (χ0) is 8.10. The summed E-state index contributed by atoms with van der Waals surface area (Å²) in [5.74, 6) is 4.91. The molecule has 0 unspecified atom stereocenters. The first-order valence-corrected chi connectivity index (χ1v) is 3.11. The number of aromatic nitrogens is 1. The van der Waals surface area contributed by atoms with Gasteiger partial charge in [-0.25, -0.2) is 0 Å². The van der Waals surface area contributed by atoms with Crippen molar-refractivity contribution < 1.29 is 5.11 Å². The fourth-order valence-corrected chi connectivity index (χ4v) is 0.649. The molecule has 0 fully saturated rings. The molecule has 0 aliphatic carbocycles. The first-order chi connectivity index (χ1) is 5.34. The Hall–Kier alpha value is -1.53. The number of aliphatic hydroxyl groups excluding tert-OH is 1. The molecule has 1 aromatic heterocycles. The topological polar surface area (TPSA) is 53.1 Å². The van der Waals surface area contributed by atoms with E-state index in [2.05, 4.69) is 16.8 Å². The van der Waals surface area contributed by atoms with E-state index in [-0.39, 0.29) is 12.0 Å². The molecule has 0 aromatic carbocycles. The van der Waals surface area contributed by atoms with Crippen LogP contribution in [-0.2, 0) is 0 Å². The van der Waals surface area contributed by atoms with Crippen LogP contribution in [-0.4, -0.2) is 16.7 Å². The Morgan fingerprint density at radius 1 is 1.64 bits per heavy atom. The van der Waals surface area contributed by atoms with E-state index in [0.717, 1.165) is 0 Å². The Balaban J connectivity index is 3.05. The third kappa shape index (κ3) is 1.95. The van der Waals surface area contributed by atoms with Crippen molar-refractivity contribution in [2.45, 2.75) is 0 Å². The molecule has 0 aliphatic heterocycles. The van der Waals surface area contributed by atoms with Gasteiger partial charge in [0, 0.05) is 18.5 Å². The van der Waals surface area contributed by atoms with Gasteiger partial charge in [0.25, 0.3) is 0 Å². The van der Waals surface area contributed by atoms with Gasteiger partial charge in [0.1, 0.15) is 6.61 Å². The lowest BCUT2D eigenvalue weighted by atomic mass is 10.3. The van der Waals surface area contributed by atoms with Gasteiger partial charge in [0.05, 0.1) is 5.56 Å². The van der Waals surface area contributed by atoms with Gasteiger partial charge in [-0.05, 0) is 0 Å². The van der Waals surface area contributed by atoms with Crippen molar-refractivity contribution in [2.24, 2.45) is 0 Å². The number of rotatable bonds is 0. The maximum absolute atomic E-state index is 10.9. The molecule has 11 heavy (non-hydrogen) atoms. The van der Waals surface area contributed by atoms with Crippen LogP contribution >= 0.6 is 0 Å². The Morgan fingerprint density at radius 3 is 3.09 bits per heavy atom. The lowest BCUT2D eigenvalue weighted by Crippen LogP contribution is -2.03. The van der Waals surface area contributed by atoms with Crippen LogP contribution in [0.5, 0.6) is 0 Å². The first-order valence-electron chi connectivity index (χ1n) is 3.11. The largest absolute Gasteiger partial charge is 0.384 e. The van der Waals surface area contributed by atoms with E-state index in [1.807, 2.05) is 0 Å². The van der Waals surface area contributed by atoms with E-state index in [9.17, 15) is 4.79 Å². The van der Waals surface area contributed by atoms with E-state index < -0.39 is 0 Å². The molecule has 0 saturated heterocycles. The Labute approximate surface area is 63.7 Å². The summed E-state index contributed by atoms with van der Waals surface area (Å²) < 4.78 is 0. The zero-order valence-electron chi connectivity index (χ0n) is 5.79. The summed E-state index contributed by atoms with van der Waals surface area (Å²) in [6, 6.07) is 1.39. The van der Waals surface area contributed by atoms with Crippen molar-refractivity contribution >= 4 is 0 Å². The monoisotopic (exact) mass is 149 g/mol. The van der Waals surface area contributed by atoms with E-state index in [0.29, 0.717) is 5.56 Å². The average Bonchev–Trinajstić information content (AvgIpc) is 2.03. The van der Waals surface area contributed by atoms with E-state index >= 15 is 0 Å². The predicted molar refractivity (Wildman–Crippen MR) is 41.0 cm³/mol. The van der Waals surface area contributed by atoms with Gasteiger partial charge in [-0.15, -0.1) is 0 Å². The first kappa shape index (κ1) is 7.58. The molecule has 0 radical (unpaired) electrons. The average molecular weight is 149 g/mol. The predicted octanol–water partition coefficient (Wildman–Crippen LogP) is -0.281. The highest BCUT2D eigenvalue weighted by molar-refractivity contribution is 5.31. The van der Waals surface area contributed by atoms with Crippen LogP contribution in [0.4, 0.5) is 0 Å². The lowest BCUT2D eigenvalue weighted by molar-refractivity contribution is 0.350. The second-order valence-corrected chi connectivity index (χ2v) is 1.88. The highest BCUT2D eigenvalue weighted by atomic mass is 16.2. The molecule has 3 nitrogen and oxygen atoms in total. The van der Waals surface area contributed by atoms with Crippen LogP contribution in [0.1, 0.15) is 5.56 Å². The van der Waals surface area contributed by atoms with Crippen LogP contribution in [0.15, 0.2) is 23.3 Å². The number of hydrogen-bond acceptors (Lipinski definition) is 2. The minimum Gasteiger partial charge on any atom is -0.384 e. The van der Waals surface area contributed by atoms with Crippen LogP contribution in [0.2, 0.25) is 0 Å². The Kier molecular flexibility index (Phi) is 2.47. The molecule has 0 saturated carbocycles. The van der Waals surface area contributed by atoms with Gasteiger partial charge in [-0.2, -0.15) is 0 Å². The fourth-order valence-electron chi connectivity index (χ4n) is 0.649. The summed E-state index contributed by atoms with van der Waals surface area (Å²) in [6.45, 7) is -0.228. The number of aliphatic hydroxyl groups is 1. The van der Waals surface area contributed by atoms with Crippen LogP contribution in [0.3, 0.4) is 0 Å². The molecule has 56 valence electrons. The van der Waals surface area contributed by atoms with Crippen molar-refractivity contribution in [1.29, 1.82) is 0 Å². The number of pyridine rings is 1. The van der Waals surface area contributed by atoms with E-state index in [1.165, 1.54) is 18.5 Å². The van der Waals surface area contributed by atoms with Gasteiger partial charge >= 0.3 is 0 Å². The van der Waals surface area contributed by atoms with Crippen molar-refractivity contribution in [3.63, 3.8) is 0 Å². The maximum atomic E-state index is 10.9. The number of nitrogens with one attached hydrogen (secondary N) is 1. The quantitative estimate of drug-likeness (QED) is 0.498. The van der Waals surface area contributed by atoms with E-state index in [1.54, 1.807) is 0 Å². The van der Waals surface area contributed by atoms with Crippen LogP contribution < -0.4 is 5.43 Å². The third-order valence-electron chi connectivity index (χ3n) is 1.13. The van der Waals surface area contributed by atoms with Gasteiger partial charge in [-0.3, -0.25) is 4.79 Å². The normalized spacial score (nSPS) is 8.45. The fraction of sp³-hybridized carbons (Fsp3) is 0.125. The molecule has 0 amide bonds. The van der Waals surface area contributed by atoms with Crippen molar-refractivity contribution in [3.8, 4) is 11.8 Å². The minimum absolute atomic E-state index is 0.135. The van der Waals surface area contributed by atoms with Gasteiger partial charge in [-0.1, -0.05) is 11.8 Å². The summed E-state index contributed by atoms with van der Waals surface area (Å²) >= 11 is 0. The highest BCUT2D eigenvalue weighted by Crippen LogP contribution is 1.81. The van der Waals surface area contributed by atoms with Gasteiger partial charge < -0.3 is 10.1 Å². The molecule has 0 spiro atoms. The van der Waals surface area contributed by atoms with Crippen molar-refractivity contribution in [2.75, 3.05) is 6.61 Å². The molecule has 1 rings (SSSR count). The summed E-state index contributed by atoms with van der Waals surface area (Å²) in [5, 5.41) is 8.33. The molecule has 0 aliphatic rings. The van der Waals surface area contributed by atoms with Crippen LogP contribution in [0, 0.1) is 11.8 Å². The van der Waals surface area contributed by atoms with Gasteiger partial charge in [0.15, 0.2) is 5.43 Å². The number of hydrogen-bond donors (Lipinski definition) is 2. The summed E-state index contributed by atoms with van der Waals surface area (Å²) in [4.78, 5) is 13.6. The smallest absolute Gasteiger partial charge is 0.197 e. The Bertz CT molecular complexity index is 343. The van der Waals surface area contributed by atoms with Crippen LogP contribution in [0.25, 0.3) is 0 Å². The molecule has 1 aromatic rings. The SMILES string of the molecule is O=c1cc[nH]cc1C#CCO. The lowest BCUT2D eigenvalue weighted by Gasteiger charge is -1.84. The third-order valence-corrected chi connectivity index (χ3v) is 1.13. The molecular formula is C8H7NO2. The maximum Gasteiger partial charge on any atom is 0.197 e. The second-order valence-electron chi connectivity index (χ2n) is 1.88. The molecule has 0 atom stereocenters. The Morgan fingerprint density at radius 2 is 2.45 bits per heavy atom. The minimum atomic E-state index is -0.228. The molecular weight excluding hydrogens is 142 g/mol. The van der Waals surface area contributed by atoms with Gasteiger partial charge in [0.2, 0.25) is 0 Å². The number of aromatic amines is 1. The highest BCUT2D eigenvalue weighted by Gasteiger charge is 1.89. The number of H-pyrrole nitrogens is 1. The molecule has 2 N–H and O–H groups in total. The van der Waals surface area contributed by atoms with Crippen molar-refractivity contribution in [1.82, 2.24) is 4.98 Å². The summed E-state index contributed by atoms with van der Waals surface area (Å²) in [6.07, 6.45) is 3.04. The zero-order valence-corrected chi connectivity index (χ0v) is 5.79.